The topological polar surface area (TPSA) is 101 Å². The van der Waals surface area contributed by atoms with Gasteiger partial charge in [0.1, 0.15) is 6.33 Å². The second-order valence-electron chi connectivity index (χ2n) is 11.0. The van der Waals surface area contributed by atoms with E-state index in [9.17, 15) is 0 Å². The minimum absolute atomic E-state index is 0. The van der Waals surface area contributed by atoms with E-state index in [1.54, 1.807) is 24.8 Å². The van der Waals surface area contributed by atoms with Gasteiger partial charge < -0.3 is 24.0 Å². The van der Waals surface area contributed by atoms with E-state index in [1.807, 2.05) is 102 Å². The van der Waals surface area contributed by atoms with Gasteiger partial charge in [0.2, 0.25) is 5.95 Å². The summed E-state index contributed by atoms with van der Waals surface area (Å²) in [4.78, 5) is 26.8. The van der Waals surface area contributed by atoms with E-state index < -0.39 is 0 Å². The van der Waals surface area contributed by atoms with Crippen LogP contribution < -0.4 is 9.47 Å². The largest absolute Gasteiger partial charge is 2.00 e. The number of rotatable bonds is 7. The standard InChI is InChI=1S/C40H21N7O2.Pd.Pt/c1-3-17-42-35(11-1)26-7-5-9-29(19-26)48-31-13-15-33-34-16-14-32(49-30-10-6-8-27(20-30)36-12-2-4-18-43-36)22-38(34)47(37(33)21-31)40-44-24-28-23-41-25-45-39(28)46-40;;/h1-18,23-25H;;/q-4;2*+2. The zero-order valence-corrected chi connectivity index (χ0v) is 30.0. The van der Waals surface area contributed by atoms with Crippen LogP contribution in [-0.4, -0.2) is 34.5 Å². The minimum atomic E-state index is 0. The Hall–Kier alpha value is -5.65. The smallest absolute Gasteiger partial charge is 0.503 e. The van der Waals surface area contributed by atoms with Crippen molar-refractivity contribution >= 4 is 32.8 Å². The van der Waals surface area contributed by atoms with Crippen LogP contribution in [0.3, 0.4) is 0 Å². The molecule has 0 aliphatic heterocycles. The molecule has 0 saturated carbocycles. The Bertz CT molecular complexity index is 2500. The number of fused-ring (bicyclic) bond motifs is 4. The van der Waals surface area contributed by atoms with Crippen molar-refractivity contribution < 1.29 is 51.0 Å². The normalized spacial score (nSPS) is 10.8. The van der Waals surface area contributed by atoms with Gasteiger partial charge in [0.25, 0.3) is 0 Å². The number of hydrogen-bond donors (Lipinski definition) is 0. The zero-order chi connectivity index (χ0) is 32.6. The van der Waals surface area contributed by atoms with E-state index in [2.05, 4.69) is 44.2 Å². The van der Waals surface area contributed by atoms with Crippen LogP contribution in [0.2, 0.25) is 0 Å². The molecule has 0 N–H and O–H groups in total. The predicted octanol–water partition coefficient (Wildman–Crippen LogP) is 8.42. The Kier molecular flexibility index (Phi) is 9.74. The van der Waals surface area contributed by atoms with E-state index in [1.165, 1.54) is 6.33 Å². The Balaban J connectivity index is 0.00000203. The minimum Gasteiger partial charge on any atom is -0.503 e. The number of aromatic nitrogens is 7. The van der Waals surface area contributed by atoms with Crippen LogP contribution in [0.25, 0.3) is 61.3 Å². The van der Waals surface area contributed by atoms with Crippen molar-refractivity contribution in [2.75, 3.05) is 0 Å². The van der Waals surface area contributed by atoms with Gasteiger partial charge in [-0.05, 0) is 23.5 Å². The first-order valence-electron chi connectivity index (χ1n) is 15.3. The van der Waals surface area contributed by atoms with Crippen LogP contribution in [0.4, 0.5) is 0 Å². The second-order valence-corrected chi connectivity index (χ2v) is 11.0. The fourth-order valence-electron chi connectivity index (χ4n) is 5.62. The van der Waals surface area contributed by atoms with Gasteiger partial charge in [-0.15, -0.1) is 71.8 Å². The van der Waals surface area contributed by atoms with Gasteiger partial charge in [0.05, 0.1) is 5.39 Å². The molecule has 0 aliphatic rings. The van der Waals surface area contributed by atoms with Gasteiger partial charge in [0.15, 0.2) is 5.65 Å². The molecule has 0 amide bonds. The van der Waals surface area contributed by atoms with Gasteiger partial charge >= 0.3 is 41.5 Å². The van der Waals surface area contributed by atoms with Crippen molar-refractivity contribution in [1.29, 1.82) is 0 Å². The molecule has 0 spiro atoms. The average Bonchev–Trinajstić information content (AvgIpc) is 3.48. The molecule has 0 bridgehead atoms. The molecule has 0 saturated heterocycles. The zero-order valence-electron chi connectivity index (χ0n) is 26.2. The predicted molar refractivity (Wildman–Crippen MR) is 184 cm³/mol. The Morgan fingerprint density at radius 3 is 1.65 bits per heavy atom. The van der Waals surface area contributed by atoms with E-state index in [0.717, 1.165) is 38.7 Å². The number of pyridine rings is 2. The number of hydrogen-bond acceptors (Lipinski definition) is 8. The fourth-order valence-corrected chi connectivity index (χ4v) is 5.62. The first kappa shape index (κ1) is 33.8. The van der Waals surface area contributed by atoms with Crippen LogP contribution in [0, 0.1) is 24.3 Å². The molecular weight excluding hydrogens is 912 g/mol. The summed E-state index contributed by atoms with van der Waals surface area (Å²) < 4.78 is 14.5. The van der Waals surface area contributed by atoms with Gasteiger partial charge in [-0.2, -0.15) is 27.9 Å². The molecule has 0 fully saturated rings. The molecule has 248 valence electrons. The van der Waals surface area contributed by atoms with Crippen molar-refractivity contribution in [3.05, 3.63) is 152 Å². The number of ether oxygens (including phenoxy) is 2. The van der Waals surface area contributed by atoms with E-state index in [4.69, 9.17) is 19.4 Å². The summed E-state index contributed by atoms with van der Waals surface area (Å²) in [5.41, 5.74) is 5.16. The summed E-state index contributed by atoms with van der Waals surface area (Å²) >= 11 is 0. The third-order valence-electron chi connectivity index (χ3n) is 7.84. The van der Waals surface area contributed by atoms with Crippen molar-refractivity contribution in [1.82, 2.24) is 34.5 Å². The van der Waals surface area contributed by atoms with Gasteiger partial charge in [0, 0.05) is 47.8 Å². The SMILES string of the molecule is [Pd+2].[Pt+2].[c-]1c(Oc2[c-]c3c(cc2)c2ccc(Oc4[c-]c(-c5ccccn5)ccc4)[c-]c2n3-c2ncc3cncnc3n2)cccc1-c1ccccn1. The molecule has 0 unspecified atom stereocenters. The fraction of sp³-hybridized carbons (Fsp3) is 0. The summed E-state index contributed by atoms with van der Waals surface area (Å²) in [6.07, 6.45) is 8.35. The van der Waals surface area contributed by atoms with Crippen LogP contribution in [0.15, 0.2) is 128 Å². The monoisotopic (exact) mass is 932 g/mol. The summed E-state index contributed by atoms with van der Waals surface area (Å²) in [5, 5.41) is 2.54. The molecule has 11 heteroatoms. The van der Waals surface area contributed by atoms with Gasteiger partial charge in [-0.1, -0.05) is 47.4 Å². The van der Waals surface area contributed by atoms with E-state index in [-0.39, 0.29) is 41.5 Å². The second kappa shape index (κ2) is 14.7. The number of benzene rings is 4. The molecule has 51 heavy (non-hydrogen) atoms. The third-order valence-corrected chi connectivity index (χ3v) is 7.84. The van der Waals surface area contributed by atoms with E-state index >= 15 is 0 Å². The maximum absolute atomic E-state index is 6.30. The molecule has 0 aliphatic carbocycles. The van der Waals surface area contributed by atoms with Gasteiger partial charge in [-0.3, -0.25) is 0 Å². The summed E-state index contributed by atoms with van der Waals surface area (Å²) in [5.74, 6) is 2.44. The van der Waals surface area contributed by atoms with Crippen molar-refractivity contribution in [3.63, 3.8) is 0 Å². The summed E-state index contributed by atoms with van der Waals surface area (Å²) in [7, 11) is 0. The van der Waals surface area contributed by atoms with Crippen molar-refractivity contribution in [2.24, 2.45) is 0 Å². The van der Waals surface area contributed by atoms with Crippen LogP contribution in [0.5, 0.6) is 23.0 Å². The Morgan fingerprint density at radius 2 is 1.10 bits per heavy atom. The maximum Gasteiger partial charge on any atom is 2.00 e. The third kappa shape index (κ3) is 6.78. The summed E-state index contributed by atoms with van der Waals surface area (Å²) in [6.45, 7) is 0. The van der Waals surface area contributed by atoms with Crippen molar-refractivity contribution in [3.8, 4) is 51.5 Å². The molecule has 0 radical (unpaired) electrons. The molecule has 5 aromatic heterocycles. The molecular formula is C40H21N7O2PdPt. The number of nitrogens with zero attached hydrogens (tertiary/aromatic N) is 7. The molecule has 9 aromatic rings. The molecule has 9 nitrogen and oxygen atoms in total. The Morgan fingerprint density at radius 1 is 0.529 bits per heavy atom. The van der Waals surface area contributed by atoms with E-state index in [0.29, 0.717) is 45.6 Å². The quantitative estimate of drug-likeness (QED) is 0.116. The average molecular weight is 933 g/mol. The summed E-state index contributed by atoms with van der Waals surface area (Å²) in [6, 6.07) is 44.2. The first-order chi connectivity index (χ1) is 24.2. The first-order valence-corrected chi connectivity index (χ1v) is 15.3. The van der Waals surface area contributed by atoms with Gasteiger partial charge in [-0.25, -0.2) is 15.0 Å². The maximum atomic E-state index is 6.30. The molecule has 5 heterocycles. The molecule has 4 aromatic carbocycles. The molecule has 0 atom stereocenters. The Labute approximate surface area is 320 Å². The van der Waals surface area contributed by atoms with Crippen molar-refractivity contribution in [2.45, 2.75) is 0 Å². The van der Waals surface area contributed by atoms with Crippen LogP contribution in [0.1, 0.15) is 0 Å². The van der Waals surface area contributed by atoms with Crippen LogP contribution in [-0.2, 0) is 41.5 Å². The molecule has 9 rings (SSSR count). The van der Waals surface area contributed by atoms with Crippen LogP contribution >= 0.6 is 0 Å².